The summed E-state index contributed by atoms with van der Waals surface area (Å²) in [6, 6.07) is 33.2. The van der Waals surface area contributed by atoms with Gasteiger partial charge in [0.1, 0.15) is 0 Å². The normalized spacial score (nSPS) is 17.6. The first kappa shape index (κ1) is 71.6. The van der Waals surface area contributed by atoms with E-state index in [0.717, 1.165) is 50.8 Å². The van der Waals surface area contributed by atoms with Gasteiger partial charge in [0.25, 0.3) is 11.8 Å². The molecule has 0 saturated carbocycles. The molecular weight excluding hydrogens is 1290 g/mol. The Morgan fingerprint density at radius 1 is 0.425 bits per heavy atom. The number of carboxylic acids is 1. The second-order valence-corrected chi connectivity index (χ2v) is 24.8. The molecule has 6 aromatic rings. The van der Waals surface area contributed by atoms with Gasteiger partial charge in [0.2, 0.25) is 0 Å². The Labute approximate surface area is 517 Å². The fourth-order valence-electron chi connectivity index (χ4n) is 7.63. The van der Waals surface area contributed by atoms with Crippen molar-refractivity contribution < 1.29 is 86.9 Å². The smallest absolute Gasteiger partial charge is 0.478 e. The fourth-order valence-corrected chi connectivity index (χ4v) is 8.16. The van der Waals surface area contributed by atoms with Gasteiger partial charge in [-0.1, -0.05) is 62.2 Å². The minimum absolute atomic E-state index is 0.0786. The fraction of sp³-hybridized carbons (Fsp3) is 0.350. The van der Waals surface area contributed by atoms with Gasteiger partial charge in [-0.05, 0) is 204 Å². The topological polar surface area (TPSA) is 177 Å². The highest BCUT2D eigenvalue weighted by atomic mass is 79.9. The lowest BCUT2D eigenvalue weighted by Gasteiger charge is -2.32. The third-order valence-corrected chi connectivity index (χ3v) is 15.8. The first-order valence-corrected chi connectivity index (χ1v) is 28.2. The van der Waals surface area contributed by atoms with Crippen molar-refractivity contribution in [2.45, 2.75) is 135 Å². The highest BCUT2D eigenvalue weighted by Crippen LogP contribution is 2.43. The van der Waals surface area contributed by atoms with Crippen LogP contribution in [-0.2, 0) is 46.5 Å². The van der Waals surface area contributed by atoms with Crippen molar-refractivity contribution in [2.24, 2.45) is 0 Å². The van der Waals surface area contributed by atoms with Gasteiger partial charge in [0.05, 0.1) is 55.9 Å². The Hall–Kier alpha value is -6.19. The zero-order valence-corrected chi connectivity index (χ0v) is 52.6. The van der Waals surface area contributed by atoms with E-state index >= 15 is 0 Å². The average molecular weight is 1350 g/mol. The number of halogens is 11. The highest BCUT2D eigenvalue weighted by molar-refractivity contribution is 9.10. The molecule has 0 bridgehead atoms. The summed E-state index contributed by atoms with van der Waals surface area (Å²) in [6.07, 6.45) is -13.2. The van der Waals surface area contributed by atoms with Crippen LogP contribution in [0.3, 0.4) is 0 Å². The first-order valence-electron chi connectivity index (χ1n) is 26.6. The lowest BCUT2D eigenvalue weighted by atomic mass is 9.49. The van der Waals surface area contributed by atoms with Crippen LogP contribution in [0.5, 0.6) is 0 Å². The number of carbonyl (C=O) groups is 3. The van der Waals surface area contributed by atoms with E-state index in [9.17, 15) is 53.9 Å². The first-order chi connectivity index (χ1) is 39.8. The van der Waals surface area contributed by atoms with Gasteiger partial charge >= 0.3 is 45.6 Å². The van der Waals surface area contributed by atoms with E-state index in [0.29, 0.717) is 16.7 Å². The molecule has 0 unspecified atom stereocenters. The number of carboxylic acid groups (broad SMARTS) is 1. The van der Waals surface area contributed by atoms with Crippen molar-refractivity contribution in [1.29, 1.82) is 0 Å². The number of anilines is 3. The number of aromatic carboxylic acids is 1. The molecule has 0 aromatic heterocycles. The third-order valence-electron chi connectivity index (χ3n) is 14.8. The van der Waals surface area contributed by atoms with Crippen molar-refractivity contribution in [1.82, 2.24) is 0 Å². The Morgan fingerprint density at radius 3 is 1.01 bits per heavy atom. The van der Waals surface area contributed by atoms with Crippen LogP contribution in [0.2, 0.25) is 0 Å². The van der Waals surface area contributed by atoms with Gasteiger partial charge in [-0.2, -0.15) is 39.5 Å². The number of nitrogens with one attached hydrogen (secondary N) is 2. The molecule has 3 fully saturated rings. The maximum Gasteiger partial charge on any atom is 0.494 e. The zero-order chi connectivity index (χ0) is 65.5. The molecule has 3 aliphatic heterocycles. The number of amides is 2. The summed E-state index contributed by atoms with van der Waals surface area (Å²) in [6.45, 7) is 24.0. The van der Waals surface area contributed by atoms with E-state index in [4.69, 9.17) is 38.8 Å². The molecule has 0 radical (unpaired) electrons. The van der Waals surface area contributed by atoms with Gasteiger partial charge in [-0.3, -0.25) is 9.59 Å². The number of nitrogens with two attached hydrogens (primary N) is 1. The minimum Gasteiger partial charge on any atom is -0.478 e. The summed E-state index contributed by atoms with van der Waals surface area (Å²) in [5, 5.41) is 13.4. The second kappa shape index (κ2) is 27.7. The predicted molar refractivity (Wildman–Crippen MR) is 324 cm³/mol. The Balaban J connectivity index is 0.000000208. The molecule has 0 atom stereocenters. The molecule has 466 valence electrons. The van der Waals surface area contributed by atoms with E-state index in [1.165, 1.54) is 36.4 Å². The zero-order valence-electron chi connectivity index (χ0n) is 49.4. The highest BCUT2D eigenvalue weighted by Gasteiger charge is 2.64. The monoisotopic (exact) mass is 1350 g/mol. The van der Waals surface area contributed by atoms with Crippen molar-refractivity contribution >= 4 is 93.3 Å². The Kier molecular flexibility index (Phi) is 22.8. The molecule has 9 rings (SSSR count). The van der Waals surface area contributed by atoms with Crippen LogP contribution in [-0.4, -0.2) is 77.6 Å². The molecule has 27 heteroatoms. The summed E-state index contributed by atoms with van der Waals surface area (Å²) in [5.41, 5.74) is 2.50. The van der Waals surface area contributed by atoms with Crippen LogP contribution in [0, 0.1) is 0 Å². The van der Waals surface area contributed by atoms with Crippen LogP contribution >= 0.6 is 31.9 Å². The SMILES string of the molecule is CC1(C)OB(B2OC(C)(C)C(C)(C)O2)OC1(C)C.CC1(C)OB(c2ccc(C(=O)Nc3cccc(C(F)(F)F)c3)cc2)OC1(C)C.Nc1cccc(C(F)(F)F)c1.O=C(Nc1cccc(C(F)(F)F)c1)c1ccc(Br)cc1.O=C(O)c1ccc(Br)cc1. The van der Waals surface area contributed by atoms with E-state index in [2.05, 4.69) is 42.5 Å². The summed E-state index contributed by atoms with van der Waals surface area (Å²) in [5.74, 6) is -1.86. The summed E-state index contributed by atoms with van der Waals surface area (Å²) >= 11 is 6.44. The van der Waals surface area contributed by atoms with E-state index in [1.807, 2.05) is 83.1 Å². The van der Waals surface area contributed by atoms with Gasteiger partial charge in [-0.25, -0.2) is 4.79 Å². The standard InChI is InChI=1S/C20H21BF3NO3.C14H9BrF3NO.C12H24B2O4.C7H5BrO2.C7H6F3N/c1-18(2)19(3,4)28-21(27-18)15-10-8-13(9-11-15)17(26)25-16-7-5-6-14(12-16)20(22,23)24;15-11-6-4-9(5-7-11)13(20)19-12-3-1-2-10(8-12)14(16,17)18;1-9(2)10(3,4)16-13(15-9)14-17-11(5,6)12(7,8)18-14;8-6-3-1-5(2-4-6)7(9)10;8-7(9,10)5-2-1-3-6(11)4-5/h5-12H,1-4H3,(H,25,26);1-8H,(H,19,20);1-8H3;1-4H,(H,9,10);1-4H,11H2. The minimum atomic E-state index is -4.47. The number of alkyl halides is 9. The van der Waals surface area contributed by atoms with Gasteiger partial charge in [-0.15, -0.1) is 0 Å². The summed E-state index contributed by atoms with van der Waals surface area (Å²) in [7, 11) is -1.50. The molecule has 6 aromatic carbocycles. The third kappa shape index (κ3) is 19.7. The number of hydrogen-bond donors (Lipinski definition) is 4. The second-order valence-electron chi connectivity index (χ2n) is 23.0. The molecular formula is C60H65B3Br2F9N3O10. The van der Waals surface area contributed by atoms with Gasteiger partial charge in [0.15, 0.2) is 0 Å². The molecule has 0 spiro atoms. The summed E-state index contributed by atoms with van der Waals surface area (Å²) in [4.78, 5) is 34.5. The lowest BCUT2D eigenvalue weighted by Crippen LogP contribution is -2.41. The van der Waals surface area contributed by atoms with E-state index < -0.39 is 85.3 Å². The van der Waals surface area contributed by atoms with Crippen LogP contribution in [0.15, 0.2) is 155 Å². The van der Waals surface area contributed by atoms with Crippen molar-refractivity contribution in [2.75, 3.05) is 16.4 Å². The summed E-state index contributed by atoms with van der Waals surface area (Å²) < 4.78 is 149. The molecule has 13 nitrogen and oxygen atoms in total. The molecule has 87 heavy (non-hydrogen) atoms. The Bertz CT molecular complexity index is 3250. The number of benzene rings is 6. The predicted octanol–water partition coefficient (Wildman–Crippen LogP) is 15.7. The van der Waals surface area contributed by atoms with Gasteiger partial charge < -0.3 is 49.4 Å². The molecule has 3 heterocycles. The van der Waals surface area contributed by atoms with Crippen molar-refractivity contribution in [3.63, 3.8) is 0 Å². The molecule has 3 aliphatic rings. The Morgan fingerprint density at radius 2 is 0.713 bits per heavy atom. The van der Waals surface area contributed by atoms with Crippen LogP contribution in [0.1, 0.15) is 131 Å². The van der Waals surface area contributed by atoms with E-state index in [-0.39, 0.29) is 39.5 Å². The van der Waals surface area contributed by atoms with Crippen LogP contribution in [0.25, 0.3) is 0 Å². The number of nitrogen functional groups attached to an aromatic ring is 1. The number of rotatable bonds is 7. The average Bonchev–Trinajstić information content (AvgIpc) is 1.78. The van der Waals surface area contributed by atoms with Crippen molar-refractivity contribution in [3.8, 4) is 0 Å². The quantitative estimate of drug-likeness (QED) is 0.0680. The van der Waals surface area contributed by atoms with E-state index in [1.54, 1.807) is 72.8 Å². The van der Waals surface area contributed by atoms with Gasteiger partial charge in [0, 0.05) is 37.1 Å². The molecule has 3 saturated heterocycles. The lowest BCUT2D eigenvalue weighted by molar-refractivity contribution is -0.138. The van der Waals surface area contributed by atoms with Crippen LogP contribution < -0.4 is 21.8 Å². The van der Waals surface area contributed by atoms with Crippen molar-refractivity contribution in [3.05, 3.63) is 188 Å². The number of hydrogen-bond acceptors (Lipinski definition) is 10. The maximum atomic E-state index is 12.8. The maximum absolute atomic E-state index is 12.8. The molecule has 2 amide bonds. The number of carbonyl (C=O) groups excluding carboxylic acids is 2. The largest absolute Gasteiger partial charge is 0.494 e. The van der Waals surface area contributed by atoms with Crippen LogP contribution in [0.4, 0.5) is 56.6 Å². The molecule has 5 N–H and O–H groups in total. The molecule has 0 aliphatic carbocycles.